The van der Waals surface area contributed by atoms with Crippen molar-refractivity contribution in [2.45, 2.75) is 27.4 Å². The average Bonchev–Trinajstić information content (AvgIpc) is 3.04. The molecular weight excluding hydrogens is 372 g/mol. The van der Waals surface area contributed by atoms with Crippen molar-refractivity contribution in [3.05, 3.63) is 75.5 Å². The molecule has 0 saturated heterocycles. The van der Waals surface area contributed by atoms with Crippen LogP contribution in [0.15, 0.2) is 51.8 Å². The van der Waals surface area contributed by atoms with E-state index in [4.69, 9.17) is 13.9 Å². The molecule has 0 aliphatic rings. The number of nitrogens with zero attached hydrogens (tertiary/aromatic N) is 2. The normalized spacial score (nSPS) is 11.1. The van der Waals surface area contributed by atoms with E-state index in [0.717, 1.165) is 10.9 Å². The van der Waals surface area contributed by atoms with E-state index in [1.807, 2.05) is 26.0 Å². The van der Waals surface area contributed by atoms with Crippen LogP contribution in [-0.2, 0) is 11.3 Å². The minimum absolute atomic E-state index is 0.125. The van der Waals surface area contributed by atoms with Gasteiger partial charge < -0.3 is 13.9 Å². The second-order valence-electron chi connectivity index (χ2n) is 6.69. The van der Waals surface area contributed by atoms with Gasteiger partial charge in [-0.15, -0.1) is 0 Å². The van der Waals surface area contributed by atoms with Gasteiger partial charge in [0.1, 0.15) is 23.6 Å². The molecule has 4 aromatic rings. The van der Waals surface area contributed by atoms with Gasteiger partial charge in [-0.2, -0.15) is 0 Å². The topological polar surface area (TPSA) is 83.0 Å². The fourth-order valence-corrected chi connectivity index (χ4v) is 3.24. The number of hydrogen-bond acceptors (Lipinski definition) is 6. The van der Waals surface area contributed by atoms with Crippen LogP contribution in [0.5, 0.6) is 5.75 Å². The Kier molecular flexibility index (Phi) is 4.80. The van der Waals surface area contributed by atoms with Crippen molar-refractivity contribution in [2.24, 2.45) is 0 Å². The van der Waals surface area contributed by atoms with Crippen LogP contribution < -0.4 is 10.3 Å². The number of pyridine rings is 1. The Morgan fingerprint density at radius 3 is 2.83 bits per heavy atom. The minimum Gasteiger partial charge on any atom is -0.494 e. The molecule has 4 rings (SSSR count). The molecule has 0 unspecified atom stereocenters. The number of aryl methyl sites for hydroxylation is 2. The standard InChI is InChI=1S/C22H20N2O5/c1-4-27-16-7-8-18-17(11-16)14(3)20(29-18)22(26)28-12-15-10-19(25)24-9-5-6-13(2)21(24)23-15/h5-11H,4,12H2,1-3H3. The van der Waals surface area contributed by atoms with E-state index in [1.54, 1.807) is 31.3 Å². The Hall–Kier alpha value is -3.61. The van der Waals surface area contributed by atoms with E-state index in [0.29, 0.717) is 34.8 Å². The van der Waals surface area contributed by atoms with Crippen LogP contribution in [0.3, 0.4) is 0 Å². The van der Waals surface area contributed by atoms with Crippen LogP contribution in [0.4, 0.5) is 0 Å². The van der Waals surface area contributed by atoms with E-state index in [1.165, 1.54) is 10.5 Å². The summed E-state index contributed by atoms with van der Waals surface area (Å²) in [5, 5.41) is 0.792. The van der Waals surface area contributed by atoms with E-state index < -0.39 is 5.97 Å². The maximum absolute atomic E-state index is 12.6. The van der Waals surface area contributed by atoms with Gasteiger partial charge in [-0.3, -0.25) is 9.20 Å². The van der Waals surface area contributed by atoms with Gasteiger partial charge >= 0.3 is 5.97 Å². The lowest BCUT2D eigenvalue weighted by Crippen LogP contribution is -2.17. The third kappa shape index (κ3) is 3.47. The third-order valence-electron chi connectivity index (χ3n) is 4.69. The zero-order valence-electron chi connectivity index (χ0n) is 16.4. The van der Waals surface area contributed by atoms with Gasteiger partial charge in [0.25, 0.3) is 5.56 Å². The van der Waals surface area contributed by atoms with Crippen LogP contribution in [0, 0.1) is 13.8 Å². The van der Waals surface area contributed by atoms with Gasteiger partial charge in [-0.1, -0.05) is 6.07 Å². The van der Waals surface area contributed by atoms with Gasteiger partial charge in [0.05, 0.1) is 12.3 Å². The Bertz CT molecular complexity index is 1290. The van der Waals surface area contributed by atoms with E-state index in [-0.39, 0.29) is 17.9 Å². The first-order chi connectivity index (χ1) is 14.0. The molecule has 7 nitrogen and oxygen atoms in total. The molecule has 3 heterocycles. The van der Waals surface area contributed by atoms with Crippen molar-refractivity contribution in [2.75, 3.05) is 6.61 Å². The zero-order chi connectivity index (χ0) is 20.5. The van der Waals surface area contributed by atoms with Crippen molar-refractivity contribution in [1.29, 1.82) is 0 Å². The highest BCUT2D eigenvalue weighted by Gasteiger charge is 2.20. The lowest BCUT2D eigenvalue weighted by molar-refractivity contribution is 0.0432. The van der Waals surface area contributed by atoms with Crippen LogP contribution in [0.2, 0.25) is 0 Å². The molecule has 0 fully saturated rings. The van der Waals surface area contributed by atoms with Crippen molar-refractivity contribution in [3.8, 4) is 5.75 Å². The highest BCUT2D eigenvalue weighted by molar-refractivity contribution is 5.96. The average molecular weight is 392 g/mol. The lowest BCUT2D eigenvalue weighted by atomic mass is 10.1. The number of esters is 1. The summed E-state index contributed by atoms with van der Waals surface area (Å²) in [5.74, 6) is 0.228. The predicted molar refractivity (Wildman–Crippen MR) is 107 cm³/mol. The molecule has 0 atom stereocenters. The monoisotopic (exact) mass is 392 g/mol. The molecule has 0 saturated carbocycles. The zero-order valence-corrected chi connectivity index (χ0v) is 16.4. The Morgan fingerprint density at radius 1 is 1.21 bits per heavy atom. The molecule has 0 bridgehead atoms. The number of rotatable bonds is 5. The number of furan rings is 1. The first kappa shape index (κ1) is 18.7. The fourth-order valence-electron chi connectivity index (χ4n) is 3.24. The maximum Gasteiger partial charge on any atom is 0.374 e. The molecule has 0 aliphatic carbocycles. The van der Waals surface area contributed by atoms with Gasteiger partial charge in [0.2, 0.25) is 5.76 Å². The highest BCUT2D eigenvalue weighted by Crippen LogP contribution is 2.29. The predicted octanol–water partition coefficient (Wildman–Crippen LogP) is 3.81. The fraction of sp³-hybridized carbons (Fsp3) is 0.227. The third-order valence-corrected chi connectivity index (χ3v) is 4.69. The van der Waals surface area contributed by atoms with E-state index >= 15 is 0 Å². The van der Waals surface area contributed by atoms with Gasteiger partial charge in [0.15, 0.2) is 0 Å². The number of ether oxygens (including phenoxy) is 2. The number of aromatic nitrogens is 2. The summed E-state index contributed by atoms with van der Waals surface area (Å²) in [4.78, 5) is 29.3. The molecule has 148 valence electrons. The molecule has 0 N–H and O–H groups in total. The smallest absolute Gasteiger partial charge is 0.374 e. The van der Waals surface area contributed by atoms with E-state index in [2.05, 4.69) is 4.98 Å². The number of hydrogen-bond donors (Lipinski definition) is 0. The largest absolute Gasteiger partial charge is 0.494 e. The van der Waals surface area contributed by atoms with Crippen molar-refractivity contribution in [3.63, 3.8) is 0 Å². The van der Waals surface area contributed by atoms with Gasteiger partial charge in [0, 0.05) is 23.2 Å². The van der Waals surface area contributed by atoms with Gasteiger partial charge in [-0.25, -0.2) is 9.78 Å². The lowest BCUT2D eigenvalue weighted by Gasteiger charge is -2.07. The van der Waals surface area contributed by atoms with E-state index in [9.17, 15) is 9.59 Å². The summed E-state index contributed by atoms with van der Waals surface area (Å²) < 4.78 is 18.0. The summed E-state index contributed by atoms with van der Waals surface area (Å²) >= 11 is 0. The minimum atomic E-state index is -0.608. The van der Waals surface area contributed by atoms with Crippen LogP contribution >= 0.6 is 0 Å². The molecule has 7 heteroatoms. The molecule has 29 heavy (non-hydrogen) atoms. The molecule has 0 radical (unpaired) electrons. The maximum atomic E-state index is 12.6. The molecule has 0 aliphatic heterocycles. The quantitative estimate of drug-likeness (QED) is 0.480. The Morgan fingerprint density at radius 2 is 2.03 bits per heavy atom. The first-order valence-electron chi connectivity index (χ1n) is 9.29. The second-order valence-corrected chi connectivity index (χ2v) is 6.69. The van der Waals surface area contributed by atoms with Crippen molar-refractivity contribution >= 4 is 22.6 Å². The second kappa shape index (κ2) is 7.43. The Labute approximate surface area is 166 Å². The number of fused-ring (bicyclic) bond motifs is 2. The number of carbonyl (C=O) groups excluding carboxylic acids is 1. The molecule has 0 amide bonds. The highest BCUT2D eigenvalue weighted by atomic mass is 16.5. The van der Waals surface area contributed by atoms with Gasteiger partial charge in [-0.05, 0) is 50.6 Å². The summed E-state index contributed by atoms with van der Waals surface area (Å²) in [7, 11) is 0. The number of carbonyl (C=O) groups is 1. The summed E-state index contributed by atoms with van der Waals surface area (Å²) in [5.41, 5.74) is 2.80. The summed E-state index contributed by atoms with van der Waals surface area (Å²) in [6.07, 6.45) is 1.65. The van der Waals surface area contributed by atoms with Crippen LogP contribution in [0.25, 0.3) is 16.6 Å². The van der Waals surface area contributed by atoms with Crippen LogP contribution in [-0.4, -0.2) is 22.0 Å². The molecule has 1 aromatic carbocycles. The first-order valence-corrected chi connectivity index (χ1v) is 9.29. The summed E-state index contributed by atoms with van der Waals surface area (Å²) in [6.45, 7) is 5.99. The molecular formula is C22H20N2O5. The van der Waals surface area contributed by atoms with Crippen molar-refractivity contribution < 1.29 is 18.7 Å². The summed E-state index contributed by atoms with van der Waals surface area (Å²) in [6, 6.07) is 10.4. The Balaban J connectivity index is 1.59. The number of benzene rings is 1. The van der Waals surface area contributed by atoms with Crippen molar-refractivity contribution in [1.82, 2.24) is 9.38 Å². The van der Waals surface area contributed by atoms with Crippen LogP contribution in [0.1, 0.15) is 34.3 Å². The SMILES string of the molecule is CCOc1ccc2oc(C(=O)OCc3cc(=O)n4cccc(C)c4n3)c(C)c2c1. The molecule has 0 spiro atoms. The molecule has 3 aromatic heterocycles.